The van der Waals surface area contributed by atoms with Crippen LogP contribution in [0.1, 0.15) is 26.3 Å². The molecule has 0 unspecified atom stereocenters. The van der Waals surface area contributed by atoms with Gasteiger partial charge >= 0.3 is 0 Å². The van der Waals surface area contributed by atoms with Crippen LogP contribution in [0.3, 0.4) is 0 Å². The van der Waals surface area contributed by atoms with Crippen molar-refractivity contribution in [3.8, 4) is 0 Å². The SMILES string of the molecule is CC.CC(=O)Nc1nc2ccc(C)cc2s1. The average Bonchev–Trinajstić information content (AvgIpc) is 2.61. The molecule has 1 heterocycles. The van der Waals surface area contributed by atoms with Crippen LogP contribution in [-0.4, -0.2) is 10.9 Å². The molecule has 0 aliphatic carbocycles. The summed E-state index contributed by atoms with van der Waals surface area (Å²) >= 11 is 1.50. The number of benzene rings is 1. The molecule has 2 aromatic rings. The van der Waals surface area contributed by atoms with Gasteiger partial charge in [-0.3, -0.25) is 4.79 Å². The van der Waals surface area contributed by atoms with Crippen molar-refractivity contribution in [2.45, 2.75) is 27.7 Å². The van der Waals surface area contributed by atoms with E-state index in [4.69, 9.17) is 0 Å². The lowest BCUT2D eigenvalue weighted by Crippen LogP contribution is -2.04. The Bertz CT molecular complexity index is 491. The minimum Gasteiger partial charge on any atom is -0.302 e. The summed E-state index contributed by atoms with van der Waals surface area (Å²) in [5.74, 6) is -0.0826. The zero-order chi connectivity index (χ0) is 12.1. The van der Waals surface area contributed by atoms with E-state index in [0.29, 0.717) is 5.13 Å². The van der Waals surface area contributed by atoms with Gasteiger partial charge in [-0.25, -0.2) is 4.98 Å². The molecule has 0 saturated carbocycles. The van der Waals surface area contributed by atoms with Gasteiger partial charge in [0.1, 0.15) is 0 Å². The number of aromatic nitrogens is 1. The third kappa shape index (κ3) is 3.03. The summed E-state index contributed by atoms with van der Waals surface area (Å²) in [5.41, 5.74) is 2.14. The zero-order valence-corrected chi connectivity index (χ0v) is 10.8. The number of amides is 1. The lowest BCUT2D eigenvalue weighted by molar-refractivity contribution is -0.114. The molecule has 16 heavy (non-hydrogen) atoms. The second-order valence-corrected chi connectivity index (χ2v) is 4.20. The number of anilines is 1. The van der Waals surface area contributed by atoms with Gasteiger partial charge in [-0.2, -0.15) is 0 Å². The van der Waals surface area contributed by atoms with Gasteiger partial charge in [0.05, 0.1) is 10.2 Å². The van der Waals surface area contributed by atoms with Gasteiger partial charge < -0.3 is 5.32 Å². The summed E-state index contributed by atoms with van der Waals surface area (Å²) in [7, 11) is 0. The van der Waals surface area contributed by atoms with E-state index in [1.54, 1.807) is 0 Å². The molecule has 1 amide bonds. The molecule has 0 radical (unpaired) electrons. The van der Waals surface area contributed by atoms with Gasteiger partial charge in [0.25, 0.3) is 0 Å². The van der Waals surface area contributed by atoms with Gasteiger partial charge in [-0.1, -0.05) is 31.3 Å². The fraction of sp³-hybridized carbons (Fsp3) is 0.333. The highest BCUT2D eigenvalue weighted by atomic mass is 32.1. The number of nitrogens with zero attached hydrogens (tertiary/aromatic N) is 1. The molecule has 1 aromatic carbocycles. The number of hydrogen-bond donors (Lipinski definition) is 1. The van der Waals surface area contributed by atoms with Crippen molar-refractivity contribution in [1.29, 1.82) is 0 Å². The van der Waals surface area contributed by atoms with E-state index in [-0.39, 0.29) is 5.91 Å². The molecule has 86 valence electrons. The van der Waals surface area contributed by atoms with Gasteiger partial charge in [-0.15, -0.1) is 0 Å². The Morgan fingerprint density at radius 2 is 2.06 bits per heavy atom. The summed E-state index contributed by atoms with van der Waals surface area (Å²) in [4.78, 5) is 15.1. The Morgan fingerprint density at radius 1 is 1.38 bits per heavy atom. The number of carbonyl (C=O) groups excluding carboxylic acids is 1. The van der Waals surface area contributed by atoms with E-state index in [1.807, 2.05) is 32.9 Å². The Kier molecular flexibility index (Phi) is 4.43. The van der Waals surface area contributed by atoms with Crippen LogP contribution in [0.25, 0.3) is 10.2 Å². The van der Waals surface area contributed by atoms with Crippen molar-refractivity contribution >= 4 is 32.6 Å². The largest absolute Gasteiger partial charge is 0.302 e. The van der Waals surface area contributed by atoms with Crippen molar-refractivity contribution in [3.05, 3.63) is 23.8 Å². The maximum atomic E-state index is 10.8. The van der Waals surface area contributed by atoms with Crippen molar-refractivity contribution in [3.63, 3.8) is 0 Å². The van der Waals surface area contributed by atoms with Gasteiger partial charge in [0.15, 0.2) is 5.13 Å². The number of thiazole rings is 1. The standard InChI is InChI=1S/C10H10N2OS.C2H6/c1-6-3-4-8-9(5-6)14-10(12-8)11-7(2)13;1-2/h3-5H,1-2H3,(H,11,12,13);1-2H3. The Labute approximate surface area is 99.5 Å². The van der Waals surface area contributed by atoms with Crippen LogP contribution in [0.2, 0.25) is 0 Å². The maximum absolute atomic E-state index is 10.8. The minimum absolute atomic E-state index is 0.0826. The Hall–Kier alpha value is -1.42. The van der Waals surface area contributed by atoms with E-state index < -0.39 is 0 Å². The molecule has 0 aliphatic heterocycles. The molecule has 0 bridgehead atoms. The first-order valence-corrected chi connectivity index (χ1v) is 6.11. The van der Waals surface area contributed by atoms with Gasteiger partial charge in [0, 0.05) is 6.92 Å². The number of fused-ring (bicyclic) bond motifs is 1. The topological polar surface area (TPSA) is 42.0 Å². The average molecular weight is 236 g/mol. The Morgan fingerprint density at radius 3 is 2.69 bits per heavy atom. The lowest BCUT2D eigenvalue weighted by atomic mass is 10.2. The maximum Gasteiger partial charge on any atom is 0.223 e. The molecule has 2 rings (SSSR count). The number of rotatable bonds is 1. The molecule has 0 fully saturated rings. The first-order chi connectivity index (χ1) is 7.65. The van der Waals surface area contributed by atoms with Crippen LogP contribution in [-0.2, 0) is 4.79 Å². The molecule has 1 N–H and O–H groups in total. The van der Waals surface area contributed by atoms with Crippen molar-refractivity contribution in [2.75, 3.05) is 5.32 Å². The summed E-state index contributed by atoms with van der Waals surface area (Å²) in [6.45, 7) is 7.52. The summed E-state index contributed by atoms with van der Waals surface area (Å²) in [5, 5.41) is 3.35. The van der Waals surface area contributed by atoms with Crippen molar-refractivity contribution in [1.82, 2.24) is 4.98 Å². The molecule has 0 atom stereocenters. The van der Waals surface area contributed by atoms with E-state index >= 15 is 0 Å². The van der Waals surface area contributed by atoms with Crippen LogP contribution in [0.4, 0.5) is 5.13 Å². The van der Waals surface area contributed by atoms with Crippen LogP contribution in [0.15, 0.2) is 18.2 Å². The first-order valence-electron chi connectivity index (χ1n) is 5.30. The molecule has 0 saturated heterocycles. The summed E-state index contributed by atoms with van der Waals surface area (Å²) < 4.78 is 1.11. The smallest absolute Gasteiger partial charge is 0.223 e. The van der Waals surface area contributed by atoms with Gasteiger partial charge in [-0.05, 0) is 24.6 Å². The summed E-state index contributed by atoms with van der Waals surface area (Å²) in [6, 6.07) is 6.05. The number of carbonyl (C=O) groups is 1. The first kappa shape index (κ1) is 12.6. The molecular weight excluding hydrogens is 220 g/mol. The quantitative estimate of drug-likeness (QED) is 0.822. The lowest BCUT2D eigenvalue weighted by Gasteiger charge is -1.91. The molecule has 0 aliphatic rings. The van der Waals surface area contributed by atoms with Crippen LogP contribution >= 0.6 is 11.3 Å². The van der Waals surface area contributed by atoms with E-state index in [2.05, 4.69) is 16.4 Å². The normalized spacial score (nSPS) is 9.50. The van der Waals surface area contributed by atoms with Crippen LogP contribution in [0.5, 0.6) is 0 Å². The van der Waals surface area contributed by atoms with E-state index in [0.717, 1.165) is 10.2 Å². The second kappa shape index (κ2) is 5.61. The zero-order valence-electron chi connectivity index (χ0n) is 10.00. The third-order valence-corrected chi connectivity index (χ3v) is 2.76. The number of nitrogens with one attached hydrogen (secondary N) is 1. The molecule has 4 heteroatoms. The molecule has 0 spiro atoms. The third-order valence-electron chi connectivity index (χ3n) is 1.83. The Balaban J connectivity index is 0.000000606. The highest BCUT2D eigenvalue weighted by molar-refractivity contribution is 7.22. The predicted molar refractivity (Wildman–Crippen MR) is 70.0 cm³/mol. The van der Waals surface area contributed by atoms with E-state index in [9.17, 15) is 4.79 Å². The predicted octanol–water partition coefficient (Wildman–Crippen LogP) is 3.59. The minimum atomic E-state index is -0.0826. The van der Waals surface area contributed by atoms with Gasteiger partial charge in [0.2, 0.25) is 5.91 Å². The van der Waals surface area contributed by atoms with Crippen molar-refractivity contribution < 1.29 is 4.79 Å². The van der Waals surface area contributed by atoms with E-state index in [1.165, 1.54) is 23.8 Å². The van der Waals surface area contributed by atoms with Crippen LogP contribution < -0.4 is 5.32 Å². The fourth-order valence-corrected chi connectivity index (χ4v) is 2.25. The molecule has 3 nitrogen and oxygen atoms in total. The summed E-state index contributed by atoms with van der Waals surface area (Å²) in [6.07, 6.45) is 0. The van der Waals surface area contributed by atoms with Crippen molar-refractivity contribution in [2.24, 2.45) is 0 Å². The highest BCUT2D eigenvalue weighted by Gasteiger charge is 2.04. The highest BCUT2D eigenvalue weighted by Crippen LogP contribution is 2.26. The monoisotopic (exact) mass is 236 g/mol. The van der Waals surface area contributed by atoms with Crippen LogP contribution in [0, 0.1) is 6.92 Å². The number of hydrogen-bond acceptors (Lipinski definition) is 3. The fourth-order valence-electron chi connectivity index (χ4n) is 1.24. The number of aryl methyl sites for hydroxylation is 1. The second-order valence-electron chi connectivity index (χ2n) is 3.17. The molecule has 1 aromatic heterocycles. The molecular formula is C12H16N2OS.